The average Bonchev–Trinajstić information content (AvgIpc) is 2.56. The lowest BCUT2D eigenvalue weighted by Gasteiger charge is -2.07. The molecule has 0 amide bonds. The van der Waals surface area contributed by atoms with E-state index in [9.17, 15) is 23.1 Å². The number of halogens is 4. The molecule has 25 heavy (non-hydrogen) atoms. The van der Waals surface area contributed by atoms with Crippen molar-refractivity contribution in [2.45, 2.75) is 6.92 Å². The van der Waals surface area contributed by atoms with Crippen LogP contribution in [-0.2, 0) is 0 Å². The number of ether oxygens (including phenoxy) is 1. The Balaban J connectivity index is 2.29. The van der Waals surface area contributed by atoms with Crippen LogP contribution >= 0.6 is 11.6 Å². The number of allylic oxidation sites excluding steroid dienone is 1. The molecule has 1 N–H and O–H groups in total. The maximum Gasteiger partial charge on any atom is 0.344 e. The van der Waals surface area contributed by atoms with Crippen molar-refractivity contribution in [1.82, 2.24) is 0 Å². The summed E-state index contributed by atoms with van der Waals surface area (Å²) in [6.45, 7) is 1.75. The summed E-state index contributed by atoms with van der Waals surface area (Å²) in [6, 6.07) is 8.29. The fraction of sp³-hybridized carbons (Fsp3) is 0.0556. The zero-order valence-corrected chi connectivity index (χ0v) is 13.7. The number of hydrogen-bond donors (Lipinski definition) is 1. The van der Waals surface area contributed by atoms with Gasteiger partial charge >= 0.3 is 18.1 Å². The third-order valence-electron chi connectivity index (χ3n) is 3.28. The smallest absolute Gasteiger partial charge is 0.344 e. The normalized spacial score (nSPS) is 11.2. The van der Waals surface area contributed by atoms with Crippen molar-refractivity contribution >= 4 is 29.2 Å². The molecule has 130 valence electrons. The fourth-order valence-corrected chi connectivity index (χ4v) is 2.26. The largest absolute Gasteiger partial charge is 0.478 e. The molecular weight excluding hydrogens is 357 g/mol. The van der Waals surface area contributed by atoms with E-state index < -0.39 is 18.1 Å². The molecule has 3 nitrogen and oxygen atoms in total. The molecule has 0 aliphatic rings. The molecule has 0 atom stereocenters. The molecule has 7 heteroatoms. The van der Waals surface area contributed by atoms with Crippen molar-refractivity contribution in [3.8, 4) is 5.75 Å². The molecule has 0 unspecified atom stereocenters. The van der Waals surface area contributed by atoms with Crippen molar-refractivity contribution in [3.63, 3.8) is 0 Å². The Hall–Kier alpha value is -2.73. The van der Waals surface area contributed by atoms with Gasteiger partial charge < -0.3 is 9.84 Å². The van der Waals surface area contributed by atoms with Gasteiger partial charge in [-0.3, -0.25) is 0 Å². The number of aromatic carboxylic acids is 1. The van der Waals surface area contributed by atoms with E-state index in [0.717, 1.165) is 0 Å². The molecule has 0 saturated carbocycles. The second-order valence-electron chi connectivity index (χ2n) is 5.02. The first kappa shape index (κ1) is 18.6. The van der Waals surface area contributed by atoms with Crippen LogP contribution in [0.4, 0.5) is 13.2 Å². The van der Waals surface area contributed by atoms with Crippen LogP contribution in [0, 0.1) is 0 Å². The lowest BCUT2D eigenvalue weighted by molar-refractivity contribution is 0.0696. The molecule has 0 aromatic heterocycles. The van der Waals surface area contributed by atoms with Crippen LogP contribution in [0.1, 0.15) is 28.4 Å². The van der Waals surface area contributed by atoms with E-state index in [1.165, 1.54) is 18.2 Å². The predicted molar refractivity (Wildman–Crippen MR) is 89.4 cm³/mol. The number of rotatable bonds is 5. The van der Waals surface area contributed by atoms with Crippen LogP contribution in [0.25, 0.3) is 11.6 Å². The minimum absolute atomic E-state index is 0.0532. The Morgan fingerprint density at radius 1 is 1.12 bits per heavy atom. The average molecular weight is 369 g/mol. The van der Waals surface area contributed by atoms with Crippen molar-refractivity contribution in [2.24, 2.45) is 0 Å². The summed E-state index contributed by atoms with van der Waals surface area (Å²) >= 11 is 5.81. The first-order chi connectivity index (χ1) is 11.8. The van der Waals surface area contributed by atoms with Gasteiger partial charge in [0.2, 0.25) is 0 Å². The van der Waals surface area contributed by atoms with Gasteiger partial charge in [-0.15, -0.1) is 0 Å². The molecule has 2 rings (SSSR count). The van der Waals surface area contributed by atoms with Crippen molar-refractivity contribution in [2.75, 3.05) is 0 Å². The molecule has 0 spiro atoms. The topological polar surface area (TPSA) is 46.5 Å². The van der Waals surface area contributed by atoms with Gasteiger partial charge in [0, 0.05) is 5.02 Å². The van der Waals surface area contributed by atoms with E-state index in [2.05, 4.69) is 4.74 Å². The minimum Gasteiger partial charge on any atom is -0.478 e. The number of hydrogen-bond acceptors (Lipinski definition) is 2. The molecule has 0 bridgehead atoms. The van der Waals surface area contributed by atoms with Crippen molar-refractivity contribution < 1.29 is 27.8 Å². The second-order valence-corrected chi connectivity index (χ2v) is 5.46. The Labute approximate surface area is 146 Å². The molecule has 0 heterocycles. The summed E-state index contributed by atoms with van der Waals surface area (Å²) in [5, 5.41) is 9.54. The van der Waals surface area contributed by atoms with Crippen LogP contribution in [0.5, 0.6) is 5.75 Å². The van der Waals surface area contributed by atoms with Gasteiger partial charge in [0.05, 0.1) is 5.56 Å². The first-order valence-corrected chi connectivity index (χ1v) is 7.36. The maximum atomic E-state index is 12.7. The van der Waals surface area contributed by atoms with E-state index in [1.807, 2.05) is 0 Å². The molecule has 0 radical (unpaired) electrons. The fourth-order valence-electron chi connectivity index (χ4n) is 2.08. The Morgan fingerprint density at radius 2 is 1.76 bits per heavy atom. The van der Waals surface area contributed by atoms with Crippen LogP contribution in [0.3, 0.4) is 0 Å². The SMILES string of the molecule is CC(=Cc1ccc(Cl)cc1C(=O)O)c1ccc(OC(F)=C(F)F)cc1. The molecule has 0 aliphatic carbocycles. The van der Waals surface area contributed by atoms with Crippen LogP contribution in [0.2, 0.25) is 5.02 Å². The molecule has 0 aliphatic heterocycles. The van der Waals surface area contributed by atoms with Gasteiger partial charge in [0.25, 0.3) is 0 Å². The van der Waals surface area contributed by atoms with Crippen molar-refractivity contribution in [3.05, 3.63) is 76.3 Å². The monoisotopic (exact) mass is 368 g/mol. The summed E-state index contributed by atoms with van der Waals surface area (Å²) in [6.07, 6.45) is -0.888. The zero-order valence-electron chi connectivity index (χ0n) is 12.9. The highest BCUT2D eigenvalue weighted by atomic mass is 35.5. The van der Waals surface area contributed by atoms with Gasteiger partial charge in [0.15, 0.2) is 0 Å². The second kappa shape index (κ2) is 7.90. The van der Waals surface area contributed by atoms with E-state index in [-0.39, 0.29) is 11.3 Å². The third kappa shape index (κ3) is 4.87. The number of benzene rings is 2. The third-order valence-corrected chi connectivity index (χ3v) is 3.52. The van der Waals surface area contributed by atoms with E-state index in [0.29, 0.717) is 21.7 Å². The van der Waals surface area contributed by atoms with Crippen LogP contribution in [0.15, 0.2) is 54.6 Å². The summed E-state index contributed by atoms with van der Waals surface area (Å²) in [7, 11) is 0. The van der Waals surface area contributed by atoms with E-state index >= 15 is 0 Å². The van der Waals surface area contributed by atoms with Crippen LogP contribution < -0.4 is 4.74 Å². The summed E-state index contributed by atoms with van der Waals surface area (Å²) in [5.74, 6) is -1.19. The summed E-state index contributed by atoms with van der Waals surface area (Å²) in [5.41, 5.74) is 1.91. The van der Waals surface area contributed by atoms with Crippen LogP contribution in [-0.4, -0.2) is 11.1 Å². The lowest BCUT2D eigenvalue weighted by Crippen LogP contribution is -1.99. The molecule has 0 saturated heterocycles. The van der Waals surface area contributed by atoms with Gasteiger partial charge in [-0.05, 0) is 47.9 Å². The Bertz CT molecular complexity index is 854. The molecule has 2 aromatic carbocycles. The van der Waals surface area contributed by atoms with Crippen molar-refractivity contribution in [1.29, 1.82) is 0 Å². The number of carboxylic acid groups (broad SMARTS) is 1. The van der Waals surface area contributed by atoms with Gasteiger partial charge in [0.1, 0.15) is 5.75 Å². The number of carbonyl (C=O) groups is 1. The Kier molecular flexibility index (Phi) is 5.88. The molecular formula is C18H12ClF3O3. The van der Waals surface area contributed by atoms with Gasteiger partial charge in [-0.2, -0.15) is 13.2 Å². The number of carboxylic acids is 1. The molecule has 2 aromatic rings. The standard InChI is InChI=1S/C18H12ClF3O3/c1-10(8-12-2-5-13(19)9-15(12)18(23)24)11-3-6-14(7-4-11)25-17(22)16(20)21/h2-9H,1H3,(H,23,24). The highest BCUT2D eigenvalue weighted by Crippen LogP contribution is 2.25. The lowest BCUT2D eigenvalue weighted by atomic mass is 10.0. The first-order valence-electron chi connectivity index (χ1n) is 6.98. The summed E-state index contributed by atoms with van der Waals surface area (Å²) in [4.78, 5) is 11.3. The van der Waals surface area contributed by atoms with Gasteiger partial charge in [-0.25, -0.2) is 4.79 Å². The summed E-state index contributed by atoms with van der Waals surface area (Å²) < 4.78 is 41.1. The van der Waals surface area contributed by atoms with E-state index in [4.69, 9.17) is 11.6 Å². The van der Waals surface area contributed by atoms with Gasteiger partial charge in [-0.1, -0.05) is 35.9 Å². The molecule has 0 fully saturated rings. The highest BCUT2D eigenvalue weighted by molar-refractivity contribution is 6.31. The quantitative estimate of drug-likeness (QED) is 0.519. The zero-order chi connectivity index (χ0) is 18.6. The highest BCUT2D eigenvalue weighted by Gasteiger charge is 2.10. The van der Waals surface area contributed by atoms with E-state index in [1.54, 1.807) is 37.3 Å². The maximum absolute atomic E-state index is 12.7. The minimum atomic E-state index is -2.54. The Morgan fingerprint density at radius 3 is 2.32 bits per heavy atom. The predicted octanol–water partition coefficient (Wildman–Crippen LogP) is 6.01.